The molecule has 2 saturated heterocycles. The second-order valence-electron chi connectivity index (χ2n) is 8.29. The van der Waals surface area contributed by atoms with Crippen LogP contribution in [0.5, 0.6) is 11.5 Å². The first kappa shape index (κ1) is 20.4. The molecule has 7 nitrogen and oxygen atoms in total. The van der Waals surface area contributed by atoms with Gasteiger partial charge >= 0.3 is 0 Å². The van der Waals surface area contributed by atoms with E-state index in [0.29, 0.717) is 43.6 Å². The highest BCUT2D eigenvalue weighted by Crippen LogP contribution is 2.33. The van der Waals surface area contributed by atoms with Crippen LogP contribution in [-0.2, 0) is 9.53 Å². The monoisotopic (exact) mass is 404 g/mol. The summed E-state index contributed by atoms with van der Waals surface area (Å²) in [6, 6.07) is 5.17. The van der Waals surface area contributed by atoms with Crippen molar-refractivity contribution in [1.29, 1.82) is 0 Å². The SMILES string of the molecule is O=C(CC1CCOCC1)NC(CN1CCCC1)C(O)c1ccc2c(c1)OCCO2. The first-order valence-electron chi connectivity index (χ1n) is 10.9. The second-order valence-corrected chi connectivity index (χ2v) is 8.29. The van der Waals surface area contributed by atoms with E-state index in [1.165, 1.54) is 12.8 Å². The molecule has 7 heteroatoms. The summed E-state index contributed by atoms with van der Waals surface area (Å²) in [5.74, 6) is 1.73. The van der Waals surface area contributed by atoms with Gasteiger partial charge in [0, 0.05) is 26.2 Å². The maximum Gasteiger partial charge on any atom is 0.220 e. The van der Waals surface area contributed by atoms with Crippen LogP contribution in [0.1, 0.15) is 43.8 Å². The van der Waals surface area contributed by atoms with E-state index >= 15 is 0 Å². The molecule has 0 radical (unpaired) electrons. The van der Waals surface area contributed by atoms with E-state index in [1.54, 1.807) is 0 Å². The highest BCUT2D eigenvalue weighted by atomic mass is 16.6. The Morgan fingerprint density at radius 3 is 2.59 bits per heavy atom. The molecule has 0 aromatic heterocycles. The van der Waals surface area contributed by atoms with Crippen molar-refractivity contribution in [2.75, 3.05) is 46.1 Å². The van der Waals surface area contributed by atoms with Crippen LogP contribution in [-0.4, -0.2) is 68.0 Å². The van der Waals surface area contributed by atoms with Crippen molar-refractivity contribution in [3.05, 3.63) is 23.8 Å². The number of benzene rings is 1. The third-order valence-electron chi connectivity index (χ3n) is 6.10. The molecule has 0 saturated carbocycles. The summed E-state index contributed by atoms with van der Waals surface area (Å²) in [7, 11) is 0. The van der Waals surface area contributed by atoms with E-state index in [1.807, 2.05) is 18.2 Å². The average Bonchev–Trinajstić information content (AvgIpc) is 3.26. The fourth-order valence-corrected chi connectivity index (χ4v) is 4.42. The largest absolute Gasteiger partial charge is 0.486 e. The molecule has 1 aromatic rings. The number of carbonyl (C=O) groups excluding carboxylic acids is 1. The molecule has 2 fully saturated rings. The smallest absolute Gasteiger partial charge is 0.220 e. The average molecular weight is 405 g/mol. The van der Waals surface area contributed by atoms with Gasteiger partial charge in [0.15, 0.2) is 11.5 Å². The van der Waals surface area contributed by atoms with Gasteiger partial charge in [-0.25, -0.2) is 0 Å². The van der Waals surface area contributed by atoms with Crippen molar-refractivity contribution in [2.45, 2.75) is 44.2 Å². The molecule has 3 aliphatic rings. The van der Waals surface area contributed by atoms with Crippen molar-refractivity contribution < 1.29 is 24.1 Å². The summed E-state index contributed by atoms with van der Waals surface area (Å²) < 4.78 is 16.6. The van der Waals surface area contributed by atoms with Gasteiger partial charge in [0.2, 0.25) is 5.91 Å². The van der Waals surface area contributed by atoms with Crippen LogP contribution in [0.4, 0.5) is 0 Å². The first-order chi connectivity index (χ1) is 14.2. The lowest BCUT2D eigenvalue weighted by Gasteiger charge is -2.30. The second kappa shape index (κ2) is 9.78. The van der Waals surface area contributed by atoms with Gasteiger partial charge in [0.05, 0.1) is 6.04 Å². The molecule has 2 unspecified atom stereocenters. The van der Waals surface area contributed by atoms with E-state index in [2.05, 4.69) is 10.2 Å². The molecule has 1 amide bonds. The van der Waals surface area contributed by atoms with Gasteiger partial charge in [0.1, 0.15) is 19.3 Å². The fraction of sp³-hybridized carbons (Fsp3) is 0.682. The predicted octanol–water partition coefficient (Wildman–Crippen LogP) is 1.89. The molecule has 160 valence electrons. The van der Waals surface area contributed by atoms with Crippen LogP contribution < -0.4 is 14.8 Å². The van der Waals surface area contributed by atoms with Crippen molar-refractivity contribution >= 4 is 5.91 Å². The number of amides is 1. The van der Waals surface area contributed by atoms with Crippen molar-refractivity contribution in [3.63, 3.8) is 0 Å². The summed E-state index contributed by atoms with van der Waals surface area (Å²) in [5.41, 5.74) is 0.741. The van der Waals surface area contributed by atoms with E-state index in [4.69, 9.17) is 14.2 Å². The number of aliphatic hydroxyl groups is 1. The van der Waals surface area contributed by atoms with Crippen molar-refractivity contribution in [2.24, 2.45) is 5.92 Å². The van der Waals surface area contributed by atoms with E-state index in [0.717, 1.165) is 44.7 Å². The summed E-state index contributed by atoms with van der Waals surface area (Å²) in [6.45, 7) is 5.18. The zero-order valence-electron chi connectivity index (χ0n) is 17.0. The van der Waals surface area contributed by atoms with Crippen LogP contribution in [0, 0.1) is 5.92 Å². The molecule has 0 spiro atoms. The Bertz CT molecular complexity index is 686. The number of fused-ring (bicyclic) bond motifs is 1. The molecule has 0 bridgehead atoms. The topological polar surface area (TPSA) is 80.3 Å². The Labute approximate surface area is 172 Å². The zero-order valence-corrected chi connectivity index (χ0v) is 17.0. The predicted molar refractivity (Wildman–Crippen MR) is 108 cm³/mol. The van der Waals surface area contributed by atoms with Gasteiger partial charge < -0.3 is 29.5 Å². The lowest BCUT2D eigenvalue weighted by atomic mass is 9.95. The third kappa shape index (κ3) is 5.41. The maximum absolute atomic E-state index is 12.7. The highest BCUT2D eigenvalue weighted by molar-refractivity contribution is 5.76. The molecule has 2 N–H and O–H groups in total. The number of carbonyl (C=O) groups is 1. The molecular formula is C22H32N2O5. The van der Waals surface area contributed by atoms with Gasteiger partial charge in [-0.05, 0) is 62.4 Å². The lowest BCUT2D eigenvalue weighted by molar-refractivity contribution is -0.124. The van der Waals surface area contributed by atoms with Crippen molar-refractivity contribution in [3.8, 4) is 11.5 Å². The van der Waals surface area contributed by atoms with E-state index in [-0.39, 0.29) is 11.9 Å². The van der Waals surface area contributed by atoms with Gasteiger partial charge in [-0.1, -0.05) is 6.07 Å². The van der Waals surface area contributed by atoms with E-state index < -0.39 is 6.10 Å². The molecule has 1 aromatic carbocycles. The first-order valence-corrected chi connectivity index (χ1v) is 10.9. The number of aliphatic hydroxyl groups excluding tert-OH is 1. The van der Waals surface area contributed by atoms with Gasteiger partial charge in [-0.2, -0.15) is 0 Å². The zero-order chi connectivity index (χ0) is 20.1. The van der Waals surface area contributed by atoms with Crippen molar-refractivity contribution in [1.82, 2.24) is 10.2 Å². The maximum atomic E-state index is 12.7. The molecule has 29 heavy (non-hydrogen) atoms. The molecule has 0 aliphatic carbocycles. The molecule has 4 rings (SSSR count). The standard InChI is InChI=1S/C22H32N2O5/c25-21(13-16-5-9-27-10-6-16)23-18(15-24-7-1-2-8-24)22(26)17-3-4-19-20(14-17)29-12-11-28-19/h3-4,14,16,18,22,26H,1-2,5-13,15H2,(H,23,25). The number of rotatable bonds is 7. The van der Waals surface area contributed by atoms with Gasteiger partial charge in [-0.3, -0.25) is 4.79 Å². The Morgan fingerprint density at radius 1 is 1.10 bits per heavy atom. The van der Waals surface area contributed by atoms with E-state index in [9.17, 15) is 9.90 Å². The Kier molecular flexibility index (Phi) is 6.90. The summed E-state index contributed by atoms with van der Waals surface area (Å²) in [4.78, 5) is 15.1. The lowest BCUT2D eigenvalue weighted by Crippen LogP contribution is -2.47. The quantitative estimate of drug-likeness (QED) is 0.723. The molecule has 3 aliphatic heterocycles. The number of ether oxygens (including phenoxy) is 3. The minimum Gasteiger partial charge on any atom is -0.486 e. The van der Waals surface area contributed by atoms with Gasteiger partial charge in [-0.15, -0.1) is 0 Å². The Balaban J connectivity index is 1.44. The number of nitrogens with one attached hydrogen (secondary N) is 1. The molecule has 3 heterocycles. The van der Waals surface area contributed by atoms with Crippen LogP contribution in [0.15, 0.2) is 18.2 Å². The van der Waals surface area contributed by atoms with Crippen LogP contribution in [0.25, 0.3) is 0 Å². The van der Waals surface area contributed by atoms with Crippen LogP contribution in [0.2, 0.25) is 0 Å². The van der Waals surface area contributed by atoms with Crippen LogP contribution >= 0.6 is 0 Å². The minimum absolute atomic E-state index is 0.0118. The Hall–Kier alpha value is -1.83. The minimum atomic E-state index is -0.801. The fourth-order valence-electron chi connectivity index (χ4n) is 4.42. The normalized spacial score (nSPS) is 22.2. The molecule has 2 atom stereocenters. The summed E-state index contributed by atoms with van der Waals surface area (Å²) in [5, 5.41) is 14.3. The van der Waals surface area contributed by atoms with Crippen LogP contribution in [0.3, 0.4) is 0 Å². The molecular weight excluding hydrogens is 372 g/mol. The van der Waals surface area contributed by atoms with Gasteiger partial charge in [0.25, 0.3) is 0 Å². The Morgan fingerprint density at radius 2 is 1.83 bits per heavy atom. The number of nitrogens with zero attached hydrogens (tertiary/aromatic N) is 1. The number of likely N-dealkylation sites (tertiary alicyclic amines) is 1. The number of hydrogen-bond acceptors (Lipinski definition) is 6. The third-order valence-corrected chi connectivity index (χ3v) is 6.10. The summed E-state index contributed by atoms with van der Waals surface area (Å²) >= 11 is 0. The highest BCUT2D eigenvalue weighted by Gasteiger charge is 2.28. The summed E-state index contributed by atoms with van der Waals surface area (Å²) in [6.07, 6.45) is 3.88. The number of hydrogen-bond donors (Lipinski definition) is 2.